The van der Waals surface area contributed by atoms with Crippen molar-refractivity contribution in [2.75, 3.05) is 17.7 Å². The predicted molar refractivity (Wildman–Crippen MR) is 97.1 cm³/mol. The molecule has 1 saturated heterocycles. The molecule has 0 aromatic carbocycles. The lowest BCUT2D eigenvalue weighted by Crippen LogP contribution is -2.20. The van der Waals surface area contributed by atoms with Crippen molar-refractivity contribution in [3.05, 3.63) is 17.7 Å². The van der Waals surface area contributed by atoms with E-state index in [4.69, 9.17) is 15.0 Å². The maximum absolute atomic E-state index is 12.1. The van der Waals surface area contributed by atoms with Crippen molar-refractivity contribution in [3.63, 3.8) is 0 Å². The third-order valence-corrected chi connectivity index (χ3v) is 4.99. The third kappa shape index (κ3) is 5.54. The molecule has 3 heterocycles. The zero-order valence-corrected chi connectivity index (χ0v) is 15.8. The number of nitrogens with one attached hydrogen (secondary N) is 1. The summed E-state index contributed by atoms with van der Waals surface area (Å²) < 4.78 is 12.5. The quantitative estimate of drug-likeness (QED) is 0.598. The van der Waals surface area contributed by atoms with E-state index in [2.05, 4.69) is 20.7 Å². The van der Waals surface area contributed by atoms with Crippen LogP contribution in [0, 0.1) is 6.92 Å². The Kier molecular flexibility index (Phi) is 6.45. The number of primary amides is 1. The summed E-state index contributed by atoms with van der Waals surface area (Å²) in [5.41, 5.74) is 5.24. The second-order valence-electron chi connectivity index (χ2n) is 6.27. The van der Waals surface area contributed by atoms with Crippen molar-refractivity contribution in [1.82, 2.24) is 19.9 Å². The van der Waals surface area contributed by atoms with E-state index in [0.717, 1.165) is 19.4 Å². The third-order valence-electron chi connectivity index (χ3n) is 4.03. The van der Waals surface area contributed by atoms with Crippen LogP contribution in [0.15, 0.2) is 15.7 Å². The van der Waals surface area contributed by atoms with Crippen molar-refractivity contribution in [1.29, 1.82) is 0 Å². The molecule has 0 saturated carbocycles. The summed E-state index contributed by atoms with van der Waals surface area (Å²) in [6.45, 7) is 3.08. The van der Waals surface area contributed by atoms with Crippen LogP contribution in [0.1, 0.15) is 30.8 Å². The highest BCUT2D eigenvalue weighted by Gasteiger charge is 2.21. The number of anilines is 1. The maximum Gasteiger partial charge on any atom is 0.236 e. The summed E-state index contributed by atoms with van der Waals surface area (Å²) in [5, 5.41) is 15.3. The summed E-state index contributed by atoms with van der Waals surface area (Å²) in [7, 11) is 0. The van der Waals surface area contributed by atoms with Gasteiger partial charge in [-0.2, -0.15) is 0 Å². The monoisotopic (exact) mass is 394 g/mol. The Bertz CT molecular complexity index is 799. The van der Waals surface area contributed by atoms with Gasteiger partial charge < -0.3 is 24.9 Å². The highest BCUT2D eigenvalue weighted by atomic mass is 32.2. The Morgan fingerprint density at radius 2 is 2.30 bits per heavy atom. The van der Waals surface area contributed by atoms with Crippen LogP contribution < -0.4 is 11.1 Å². The van der Waals surface area contributed by atoms with Crippen LogP contribution in [0.4, 0.5) is 5.82 Å². The number of rotatable bonds is 9. The standard InChI is InChI=1S/C16H22N6O4S/c1-10-7-13(21-26-10)18-15(24)9-27-16-20-19-14(5-4-12(17)23)22(16)8-11-3-2-6-25-11/h7,11H,2-6,8-9H2,1H3,(H2,17,23)(H,18,21,24)/t11-/m0/s1. The number of carbonyl (C=O) groups is 2. The molecule has 11 heteroatoms. The van der Waals surface area contributed by atoms with E-state index in [1.807, 2.05) is 4.57 Å². The average molecular weight is 394 g/mol. The number of ether oxygens (including phenoxy) is 1. The zero-order valence-electron chi connectivity index (χ0n) is 15.0. The Morgan fingerprint density at radius 1 is 1.44 bits per heavy atom. The molecule has 1 aliphatic rings. The number of aromatic nitrogens is 4. The number of amides is 2. The molecular formula is C16H22N6O4S. The molecule has 3 rings (SSSR count). The molecule has 1 fully saturated rings. The molecule has 3 N–H and O–H groups in total. The molecule has 146 valence electrons. The van der Waals surface area contributed by atoms with Gasteiger partial charge in [-0.05, 0) is 19.8 Å². The molecule has 27 heavy (non-hydrogen) atoms. The Balaban J connectivity index is 1.63. The minimum Gasteiger partial charge on any atom is -0.376 e. The SMILES string of the molecule is Cc1cc(NC(=O)CSc2nnc(CCC(N)=O)n2C[C@@H]2CCCO2)no1. The van der Waals surface area contributed by atoms with E-state index >= 15 is 0 Å². The Hall–Kier alpha value is -2.40. The fourth-order valence-corrected chi connectivity index (χ4v) is 3.52. The molecule has 2 aromatic heterocycles. The van der Waals surface area contributed by atoms with Crippen molar-refractivity contribution in [3.8, 4) is 0 Å². The number of nitrogens with zero attached hydrogens (tertiary/aromatic N) is 4. The van der Waals surface area contributed by atoms with E-state index < -0.39 is 5.91 Å². The zero-order chi connectivity index (χ0) is 19.2. The lowest BCUT2D eigenvalue weighted by Gasteiger charge is -2.14. The Morgan fingerprint density at radius 3 is 2.96 bits per heavy atom. The highest BCUT2D eigenvalue weighted by Crippen LogP contribution is 2.22. The van der Waals surface area contributed by atoms with Crippen LogP contribution >= 0.6 is 11.8 Å². The molecule has 0 unspecified atom stereocenters. The van der Waals surface area contributed by atoms with Gasteiger partial charge in [0.1, 0.15) is 11.6 Å². The van der Waals surface area contributed by atoms with Gasteiger partial charge in [0, 0.05) is 25.5 Å². The lowest BCUT2D eigenvalue weighted by atomic mass is 10.2. The lowest BCUT2D eigenvalue weighted by molar-refractivity contribution is -0.118. The van der Waals surface area contributed by atoms with Gasteiger partial charge in [0.25, 0.3) is 0 Å². The average Bonchev–Trinajstić information content (AvgIpc) is 3.35. The fraction of sp³-hybridized carbons (Fsp3) is 0.562. The van der Waals surface area contributed by atoms with Gasteiger partial charge in [0.15, 0.2) is 11.0 Å². The predicted octanol–water partition coefficient (Wildman–Crippen LogP) is 0.902. The normalized spacial score (nSPS) is 16.6. The first-order valence-corrected chi connectivity index (χ1v) is 9.68. The number of carbonyl (C=O) groups excluding carboxylic acids is 2. The second-order valence-corrected chi connectivity index (χ2v) is 7.21. The highest BCUT2D eigenvalue weighted by molar-refractivity contribution is 7.99. The fourth-order valence-electron chi connectivity index (χ4n) is 2.76. The van der Waals surface area contributed by atoms with Gasteiger partial charge >= 0.3 is 0 Å². The number of aryl methyl sites for hydroxylation is 2. The van der Waals surface area contributed by atoms with E-state index in [0.29, 0.717) is 35.5 Å². The maximum atomic E-state index is 12.1. The molecule has 2 amide bonds. The molecule has 1 aliphatic heterocycles. The number of hydrogen-bond donors (Lipinski definition) is 2. The molecular weight excluding hydrogens is 372 g/mol. The van der Waals surface area contributed by atoms with E-state index in [1.54, 1.807) is 13.0 Å². The van der Waals surface area contributed by atoms with Crippen molar-refractivity contribution < 1.29 is 18.8 Å². The van der Waals surface area contributed by atoms with E-state index in [-0.39, 0.29) is 24.2 Å². The molecule has 10 nitrogen and oxygen atoms in total. The van der Waals surface area contributed by atoms with Crippen LogP contribution in [-0.4, -0.2) is 50.2 Å². The first-order valence-electron chi connectivity index (χ1n) is 8.69. The van der Waals surface area contributed by atoms with Gasteiger partial charge in [-0.25, -0.2) is 0 Å². The Labute approximate surface area is 160 Å². The van der Waals surface area contributed by atoms with Gasteiger partial charge in [-0.1, -0.05) is 16.9 Å². The van der Waals surface area contributed by atoms with Crippen LogP contribution in [-0.2, 0) is 27.3 Å². The molecule has 0 spiro atoms. The van der Waals surface area contributed by atoms with E-state index in [1.165, 1.54) is 11.8 Å². The molecule has 1 atom stereocenters. The summed E-state index contributed by atoms with van der Waals surface area (Å²) in [6, 6.07) is 1.64. The molecule has 0 radical (unpaired) electrons. The van der Waals surface area contributed by atoms with Crippen LogP contribution in [0.3, 0.4) is 0 Å². The van der Waals surface area contributed by atoms with Crippen molar-refractivity contribution in [2.45, 2.75) is 50.4 Å². The minimum atomic E-state index is -0.391. The first-order chi connectivity index (χ1) is 13.0. The van der Waals surface area contributed by atoms with E-state index in [9.17, 15) is 9.59 Å². The van der Waals surface area contributed by atoms with Crippen LogP contribution in [0.25, 0.3) is 0 Å². The first kappa shape index (κ1) is 19.4. The van der Waals surface area contributed by atoms with Crippen LogP contribution in [0.5, 0.6) is 0 Å². The molecule has 0 bridgehead atoms. The van der Waals surface area contributed by atoms with Crippen molar-refractivity contribution >= 4 is 29.4 Å². The van der Waals surface area contributed by atoms with Gasteiger partial charge in [-0.3, -0.25) is 9.59 Å². The largest absolute Gasteiger partial charge is 0.376 e. The molecule has 2 aromatic rings. The summed E-state index contributed by atoms with van der Waals surface area (Å²) >= 11 is 1.27. The van der Waals surface area contributed by atoms with Crippen molar-refractivity contribution in [2.24, 2.45) is 5.73 Å². The van der Waals surface area contributed by atoms with Gasteiger partial charge in [0.2, 0.25) is 11.8 Å². The minimum absolute atomic E-state index is 0.0830. The summed E-state index contributed by atoms with van der Waals surface area (Å²) in [6.07, 6.45) is 2.66. The summed E-state index contributed by atoms with van der Waals surface area (Å²) in [5.74, 6) is 1.19. The summed E-state index contributed by atoms with van der Waals surface area (Å²) in [4.78, 5) is 23.2. The topological polar surface area (TPSA) is 138 Å². The number of hydrogen-bond acceptors (Lipinski definition) is 8. The second kappa shape index (κ2) is 9.00. The number of thioether (sulfide) groups is 1. The smallest absolute Gasteiger partial charge is 0.236 e. The van der Waals surface area contributed by atoms with Gasteiger partial charge in [-0.15, -0.1) is 10.2 Å². The van der Waals surface area contributed by atoms with Crippen LogP contribution in [0.2, 0.25) is 0 Å². The molecule has 0 aliphatic carbocycles. The number of nitrogens with two attached hydrogens (primary N) is 1. The van der Waals surface area contributed by atoms with Gasteiger partial charge in [0.05, 0.1) is 18.4 Å².